The van der Waals surface area contributed by atoms with Gasteiger partial charge in [0.2, 0.25) is 0 Å². The van der Waals surface area contributed by atoms with Gasteiger partial charge in [-0.3, -0.25) is 9.69 Å². The van der Waals surface area contributed by atoms with Crippen LogP contribution in [0.1, 0.15) is 62.0 Å². The molecule has 8 nitrogen and oxygen atoms in total. The van der Waals surface area contributed by atoms with Crippen molar-refractivity contribution < 1.29 is 14.3 Å². The molecule has 3 N–H and O–H groups in total. The number of para-hydroxylation sites is 1. The van der Waals surface area contributed by atoms with Crippen LogP contribution in [-0.2, 0) is 0 Å². The van der Waals surface area contributed by atoms with Crippen LogP contribution in [0, 0.1) is 0 Å². The summed E-state index contributed by atoms with van der Waals surface area (Å²) in [5, 5.41) is 9.83. The lowest BCUT2D eigenvalue weighted by Gasteiger charge is -2.32. The molecule has 1 aromatic heterocycles. The average molecular weight is 616 g/mol. The van der Waals surface area contributed by atoms with Crippen LogP contribution in [-0.4, -0.2) is 40.5 Å². The van der Waals surface area contributed by atoms with Crippen molar-refractivity contribution in [3.8, 4) is 17.2 Å². The molecule has 6 rings (SSSR count). The Kier molecular flexibility index (Phi) is 9.36. The normalized spacial score (nSPS) is 14.2. The predicted octanol–water partition coefficient (Wildman–Crippen LogP) is 8.75. The molecule has 2 heterocycles. The first kappa shape index (κ1) is 30.9. The van der Waals surface area contributed by atoms with Crippen molar-refractivity contribution in [1.82, 2.24) is 14.8 Å². The van der Waals surface area contributed by atoms with E-state index in [0.29, 0.717) is 34.5 Å². The summed E-state index contributed by atoms with van der Waals surface area (Å²) in [7, 11) is 0. The minimum Gasteiger partial charge on any atom is -0.457 e. The number of benzene rings is 4. The molecule has 0 bridgehead atoms. The molecule has 1 saturated heterocycles. The van der Waals surface area contributed by atoms with Gasteiger partial charge in [0.25, 0.3) is 5.91 Å². The number of amides is 3. The monoisotopic (exact) mass is 615 g/mol. The van der Waals surface area contributed by atoms with E-state index in [-0.39, 0.29) is 18.0 Å². The zero-order valence-electron chi connectivity index (χ0n) is 26.6. The van der Waals surface area contributed by atoms with Gasteiger partial charge >= 0.3 is 6.03 Å². The zero-order valence-corrected chi connectivity index (χ0v) is 26.6. The number of urea groups is 1. The van der Waals surface area contributed by atoms with Crippen LogP contribution in [0.3, 0.4) is 0 Å². The van der Waals surface area contributed by atoms with E-state index < -0.39 is 0 Å². The summed E-state index contributed by atoms with van der Waals surface area (Å²) in [5.41, 5.74) is 5.46. The van der Waals surface area contributed by atoms with Crippen molar-refractivity contribution in [3.05, 3.63) is 114 Å². The Labute approximate surface area is 270 Å². The fourth-order valence-corrected chi connectivity index (χ4v) is 6.01. The zero-order chi connectivity index (χ0) is 32.0. The molecule has 46 heavy (non-hydrogen) atoms. The highest BCUT2D eigenvalue weighted by molar-refractivity contribution is 6.04. The van der Waals surface area contributed by atoms with E-state index in [1.54, 1.807) is 36.4 Å². The molecule has 1 aliphatic heterocycles. The van der Waals surface area contributed by atoms with Gasteiger partial charge in [-0.2, -0.15) is 0 Å². The molecule has 1 atom stereocenters. The van der Waals surface area contributed by atoms with Crippen LogP contribution in [0.25, 0.3) is 16.6 Å². The molecule has 3 amide bonds. The van der Waals surface area contributed by atoms with Crippen molar-refractivity contribution in [1.29, 1.82) is 0 Å². The first-order valence-corrected chi connectivity index (χ1v) is 16.1. The fraction of sp³-hybridized carbons (Fsp3) is 0.263. The van der Waals surface area contributed by atoms with Crippen molar-refractivity contribution in [2.24, 2.45) is 0 Å². The van der Waals surface area contributed by atoms with E-state index in [4.69, 9.17) is 4.74 Å². The molecule has 5 aromatic rings. The quantitative estimate of drug-likeness (QED) is 0.155. The first-order valence-electron chi connectivity index (χ1n) is 16.1. The van der Waals surface area contributed by atoms with Crippen molar-refractivity contribution in [2.75, 3.05) is 23.7 Å². The van der Waals surface area contributed by atoms with Gasteiger partial charge < -0.3 is 25.3 Å². The van der Waals surface area contributed by atoms with Crippen LogP contribution in [0.5, 0.6) is 11.5 Å². The Morgan fingerprint density at radius 1 is 0.717 bits per heavy atom. The minimum absolute atomic E-state index is 0.0546. The summed E-state index contributed by atoms with van der Waals surface area (Å²) in [4.78, 5) is 27.6. The second kappa shape index (κ2) is 13.9. The molecule has 1 fully saturated rings. The van der Waals surface area contributed by atoms with Gasteiger partial charge in [0.1, 0.15) is 11.5 Å². The lowest BCUT2D eigenvalue weighted by atomic mass is 10.0. The van der Waals surface area contributed by atoms with Crippen LogP contribution in [0.2, 0.25) is 0 Å². The topological polar surface area (TPSA) is 87.6 Å². The van der Waals surface area contributed by atoms with Crippen molar-refractivity contribution in [3.63, 3.8) is 0 Å². The second-order valence-electron chi connectivity index (χ2n) is 12.1. The third-order valence-electron chi connectivity index (χ3n) is 8.42. The van der Waals surface area contributed by atoms with E-state index in [9.17, 15) is 9.59 Å². The molecule has 0 saturated carbocycles. The Morgan fingerprint density at radius 2 is 1.33 bits per heavy atom. The smallest absolute Gasteiger partial charge is 0.319 e. The largest absolute Gasteiger partial charge is 0.457 e. The van der Waals surface area contributed by atoms with Crippen molar-refractivity contribution in [2.45, 2.75) is 52.1 Å². The van der Waals surface area contributed by atoms with Gasteiger partial charge in [0.05, 0.1) is 5.52 Å². The highest BCUT2D eigenvalue weighted by Crippen LogP contribution is 2.33. The number of carbonyl (C=O) groups is 2. The Hall–Kier alpha value is -5.08. The molecule has 8 heteroatoms. The van der Waals surface area contributed by atoms with Crippen LogP contribution in [0.15, 0.2) is 103 Å². The van der Waals surface area contributed by atoms with Gasteiger partial charge in [0, 0.05) is 46.3 Å². The van der Waals surface area contributed by atoms with Gasteiger partial charge in [-0.1, -0.05) is 24.6 Å². The lowest BCUT2D eigenvalue weighted by Crippen LogP contribution is -2.34. The number of fused-ring (bicyclic) bond motifs is 1. The summed E-state index contributed by atoms with van der Waals surface area (Å²) in [5.74, 6) is 1.09. The minimum atomic E-state index is -0.251. The molecular weight excluding hydrogens is 574 g/mol. The predicted molar refractivity (Wildman–Crippen MR) is 185 cm³/mol. The summed E-state index contributed by atoms with van der Waals surface area (Å²) >= 11 is 0. The van der Waals surface area contributed by atoms with Crippen molar-refractivity contribution >= 4 is 34.2 Å². The molecule has 0 spiro atoms. The molecule has 1 unspecified atom stereocenters. The fourth-order valence-electron chi connectivity index (χ4n) is 6.01. The number of hydrogen-bond acceptors (Lipinski definition) is 4. The average Bonchev–Trinajstić information content (AvgIpc) is 3.46. The number of likely N-dealkylation sites (tertiary alicyclic amines) is 1. The van der Waals surface area contributed by atoms with E-state index in [1.807, 2.05) is 50.2 Å². The standard InChI is InChI=1S/C38H41N5O3/c1-26(2)39-38(45)41-30-15-21-33(22-16-30)46-32-19-13-29(14-20-32)40-37(44)28-11-17-31(18-12-28)43-25-35(34-9-5-6-10-36(34)43)27(3)42-23-7-4-8-24-42/h5-6,9-22,25-27H,4,7-8,23-24H2,1-3H3,(H,40,44)(H2,39,41,45). The molecule has 0 radical (unpaired) electrons. The van der Waals surface area contributed by atoms with Crippen LogP contribution < -0.4 is 20.7 Å². The maximum absolute atomic E-state index is 13.1. The van der Waals surface area contributed by atoms with Gasteiger partial charge in [-0.05, 0) is 131 Å². The number of ether oxygens (including phenoxy) is 1. The van der Waals surface area contributed by atoms with E-state index in [0.717, 1.165) is 18.8 Å². The third kappa shape index (κ3) is 7.24. The SMILES string of the molecule is CC(C)NC(=O)Nc1ccc(Oc2ccc(NC(=O)c3ccc(-n4cc(C(C)N5CCCCC5)c5ccccc54)cc3)cc2)cc1. The van der Waals surface area contributed by atoms with E-state index >= 15 is 0 Å². The van der Waals surface area contributed by atoms with E-state index in [2.05, 4.69) is 62.8 Å². The van der Waals surface area contributed by atoms with E-state index in [1.165, 1.54) is 35.7 Å². The highest BCUT2D eigenvalue weighted by atomic mass is 16.5. The highest BCUT2D eigenvalue weighted by Gasteiger charge is 2.22. The molecular formula is C38H41N5O3. The molecule has 4 aromatic carbocycles. The van der Waals surface area contributed by atoms with Crippen LogP contribution >= 0.6 is 0 Å². The number of aromatic nitrogens is 1. The summed E-state index contributed by atoms with van der Waals surface area (Å²) in [6.45, 7) is 8.42. The first-order chi connectivity index (χ1) is 22.3. The number of nitrogens with zero attached hydrogens (tertiary/aromatic N) is 2. The summed E-state index contributed by atoms with van der Waals surface area (Å²) in [6, 6.07) is 30.8. The molecule has 1 aliphatic rings. The van der Waals surface area contributed by atoms with Gasteiger partial charge in [-0.15, -0.1) is 0 Å². The number of nitrogens with one attached hydrogen (secondary N) is 3. The number of piperidine rings is 1. The molecule has 0 aliphatic carbocycles. The Balaban J connectivity index is 1.08. The lowest BCUT2D eigenvalue weighted by molar-refractivity contribution is 0.102. The van der Waals surface area contributed by atoms with Gasteiger partial charge in [0.15, 0.2) is 0 Å². The number of hydrogen-bond donors (Lipinski definition) is 3. The van der Waals surface area contributed by atoms with Crippen LogP contribution in [0.4, 0.5) is 16.2 Å². The number of rotatable bonds is 9. The Bertz CT molecular complexity index is 1790. The number of carbonyl (C=O) groups excluding carboxylic acids is 2. The maximum Gasteiger partial charge on any atom is 0.319 e. The van der Waals surface area contributed by atoms with Gasteiger partial charge in [-0.25, -0.2) is 4.79 Å². The number of anilines is 2. The summed E-state index contributed by atoms with van der Waals surface area (Å²) in [6.07, 6.45) is 6.11. The Morgan fingerprint density at radius 3 is 1.96 bits per heavy atom. The second-order valence-corrected chi connectivity index (χ2v) is 12.1. The molecule has 236 valence electrons. The third-order valence-corrected chi connectivity index (χ3v) is 8.42. The summed E-state index contributed by atoms with van der Waals surface area (Å²) < 4.78 is 8.17. The maximum atomic E-state index is 13.1.